The van der Waals surface area contributed by atoms with Gasteiger partial charge in [-0.2, -0.15) is 0 Å². The lowest BCUT2D eigenvalue weighted by Crippen LogP contribution is -2.36. The number of benzene rings is 2. The van der Waals surface area contributed by atoms with Crippen LogP contribution in [-0.2, 0) is 9.59 Å². The molecule has 0 heterocycles. The lowest BCUT2D eigenvalue weighted by molar-refractivity contribution is -0.118. The highest BCUT2D eigenvalue weighted by Gasteiger charge is 2.18. The first-order chi connectivity index (χ1) is 11.5. The molecule has 0 saturated carbocycles. The van der Waals surface area contributed by atoms with Gasteiger partial charge in [0.05, 0.1) is 0 Å². The van der Waals surface area contributed by atoms with Crippen molar-refractivity contribution in [2.24, 2.45) is 0 Å². The molecule has 2 amide bonds. The lowest BCUT2D eigenvalue weighted by atomic mass is 10.1. The van der Waals surface area contributed by atoms with Gasteiger partial charge in [-0.1, -0.05) is 36.4 Å². The Morgan fingerprint density at radius 3 is 2.12 bits per heavy atom. The number of rotatable bonds is 6. The molecule has 0 radical (unpaired) electrons. The lowest BCUT2D eigenvalue weighted by Gasteiger charge is -2.25. The van der Waals surface area contributed by atoms with Crippen LogP contribution in [-0.4, -0.2) is 24.9 Å². The third-order valence-electron chi connectivity index (χ3n) is 4.02. The number of amides is 2. The fraction of sp³-hybridized carbons (Fsp3) is 0.300. The molecule has 0 bridgehead atoms. The maximum atomic E-state index is 12.6. The summed E-state index contributed by atoms with van der Waals surface area (Å²) < 4.78 is 0. The number of hydrogen-bond acceptors (Lipinski definition) is 2. The minimum absolute atomic E-state index is 0.0172. The van der Waals surface area contributed by atoms with Gasteiger partial charge >= 0.3 is 0 Å². The summed E-state index contributed by atoms with van der Waals surface area (Å²) in [4.78, 5) is 28.0. The van der Waals surface area contributed by atoms with Crippen LogP contribution in [0.1, 0.15) is 25.8 Å². The number of hydrogen-bond donors (Lipinski definition) is 0. The van der Waals surface area contributed by atoms with Gasteiger partial charge in [-0.05, 0) is 37.6 Å². The molecule has 0 N–H and O–H groups in total. The number of anilines is 2. The van der Waals surface area contributed by atoms with Gasteiger partial charge in [0.15, 0.2) is 0 Å². The van der Waals surface area contributed by atoms with Gasteiger partial charge in [-0.25, -0.2) is 0 Å². The monoisotopic (exact) mass is 324 g/mol. The minimum atomic E-state index is -0.0557. The highest BCUT2D eigenvalue weighted by Crippen LogP contribution is 2.21. The van der Waals surface area contributed by atoms with Crippen molar-refractivity contribution in [2.45, 2.75) is 27.2 Å². The van der Waals surface area contributed by atoms with Crippen molar-refractivity contribution in [2.75, 3.05) is 22.9 Å². The fourth-order valence-electron chi connectivity index (χ4n) is 2.77. The van der Waals surface area contributed by atoms with Crippen molar-refractivity contribution in [3.8, 4) is 0 Å². The van der Waals surface area contributed by atoms with E-state index in [2.05, 4.69) is 0 Å². The zero-order valence-electron chi connectivity index (χ0n) is 14.5. The third kappa shape index (κ3) is 4.22. The molecule has 2 aromatic carbocycles. The van der Waals surface area contributed by atoms with E-state index in [4.69, 9.17) is 0 Å². The molecule has 4 heteroatoms. The molecule has 0 aliphatic carbocycles. The smallest absolute Gasteiger partial charge is 0.228 e. The van der Waals surface area contributed by atoms with E-state index < -0.39 is 0 Å². The Kier molecular flexibility index (Phi) is 6.13. The molecule has 0 fully saturated rings. The molecule has 0 spiro atoms. The second-order valence-corrected chi connectivity index (χ2v) is 5.68. The van der Waals surface area contributed by atoms with E-state index in [9.17, 15) is 9.59 Å². The van der Waals surface area contributed by atoms with E-state index in [1.807, 2.05) is 68.4 Å². The molecule has 2 aromatic rings. The third-order valence-corrected chi connectivity index (χ3v) is 4.02. The molecule has 0 aliphatic heterocycles. The van der Waals surface area contributed by atoms with Crippen molar-refractivity contribution in [3.05, 3.63) is 60.2 Å². The Bertz CT molecular complexity index is 698. The van der Waals surface area contributed by atoms with Crippen molar-refractivity contribution >= 4 is 23.2 Å². The maximum absolute atomic E-state index is 12.6. The van der Waals surface area contributed by atoms with E-state index in [1.165, 1.54) is 6.92 Å². The second kappa shape index (κ2) is 8.29. The predicted octanol–water partition coefficient (Wildman–Crippen LogP) is 3.79. The highest BCUT2D eigenvalue weighted by molar-refractivity contribution is 5.96. The molecule has 0 saturated heterocycles. The highest BCUT2D eigenvalue weighted by atomic mass is 16.2. The van der Waals surface area contributed by atoms with Crippen molar-refractivity contribution in [1.29, 1.82) is 0 Å². The Balaban J connectivity index is 2.10. The molecule has 0 atom stereocenters. The van der Waals surface area contributed by atoms with Gasteiger partial charge in [0, 0.05) is 37.8 Å². The molecule has 0 unspecified atom stereocenters. The van der Waals surface area contributed by atoms with E-state index in [1.54, 1.807) is 9.80 Å². The molecular formula is C20H24N2O2. The standard InChI is InChI=1S/C20H24N2O2/c1-4-21(18-11-6-5-7-12-18)20(24)14-15-22(17(3)23)19-13-9-8-10-16(19)2/h5-13H,4,14-15H2,1-3H3. The first-order valence-corrected chi connectivity index (χ1v) is 8.23. The molecule has 0 aliphatic rings. The van der Waals surface area contributed by atoms with E-state index in [0.29, 0.717) is 13.1 Å². The summed E-state index contributed by atoms with van der Waals surface area (Å²) in [7, 11) is 0. The number of carbonyl (C=O) groups is 2. The first-order valence-electron chi connectivity index (χ1n) is 8.23. The average molecular weight is 324 g/mol. The predicted molar refractivity (Wildman–Crippen MR) is 98.3 cm³/mol. The van der Waals surface area contributed by atoms with Crippen molar-refractivity contribution in [3.63, 3.8) is 0 Å². The molecule has 24 heavy (non-hydrogen) atoms. The summed E-state index contributed by atoms with van der Waals surface area (Å²) >= 11 is 0. The zero-order chi connectivity index (χ0) is 17.5. The summed E-state index contributed by atoms with van der Waals surface area (Å²) in [6.07, 6.45) is 0.288. The van der Waals surface area contributed by atoms with Crippen molar-refractivity contribution < 1.29 is 9.59 Å². The fourth-order valence-corrected chi connectivity index (χ4v) is 2.77. The number of nitrogens with zero attached hydrogens (tertiary/aromatic N) is 2. The first kappa shape index (κ1) is 17.7. The van der Waals surface area contributed by atoms with Gasteiger partial charge in [0.25, 0.3) is 0 Å². The Labute approximate surface area is 143 Å². The van der Waals surface area contributed by atoms with Crippen LogP contribution in [0.5, 0.6) is 0 Å². The number of para-hydroxylation sites is 2. The molecular weight excluding hydrogens is 300 g/mol. The SMILES string of the molecule is CCN(C(=O)CCN(C(C)=O)c1ccccc1C)c1ccccc1. The van der Waals surface area contributed by atoms with Crippen LogP contribution >= 0.6 is 0 Å². The van der Waals surface area contributed by atoms with Crippen LogP contribution in [0.4, 0.5) is 11.4 Å². The summed E-state index contributed by atoms with van der Waals surface area (Å²) in [5, 5.41) is 0. The number of aryl methyl sites for hydroxylation is 1. The summed E-state index contributed by atoms with van der Waals surface area (Å²) in [5.41, 5.74) is 2.77. The minimum Gasteiger partial charge on any atom is -0.313 e. The van der Waals surface area contributed by atoms with E-state index in [0.717, 1.165) is 16.9 Å². The zero-order valence-corrected chi connectivity index (χ0v) is 14.5. The van der Waals surface area contributed by atoms with Gasteiger partial charge in [0.1, 0.15) is 0 Å². The van der Waals surface area contributed by atoms with Gasteiger partial charge in [-0.15, -0.1) is 0 Å². The number of carbonyl (C=O) groups excluding carboxylic acids is 2. The van der Waals surface area contributed by atoms with Gasteiger partial charge in [-0.3, -0.25) is 9.59 Å². The van der Waals surface area contributed by atoms with E-state index in [-0.39, 0.29) is 18.2 Å². The van der Waals surface area contributed by atoms with Crippen molar-refractivity contribution in [1.82, 2.24) is 0 Å². The van der Waals surface area contributed by atoms with Crippen LogP contribution < -0.4 is 9.80 Å². The van der Waals surface area contributed by atoms with Crippen LogP contribution in [0, 0.1) is 6.92 Å². The summed E-state index contributed by atoms with van der Waals surface area (Å²) in [6, 6.07) is 17.3. The quantitative estimate of drug-likeness (QED) is 0.811. The van der Waals surface area contributed by atoms with Crippen LogP contribution in [0.3, 0.4) is 0 Å². The summed E-state index contributed by atoms with van der Waals surface area (Å²) in [6.45, 7) is 6.44. The van der Waals surface area contributed by atoms with Crippen LogP contribution in [0.15, 0.2) is 54.6 Å². The Morgan fingerprint density at radius 2 is 1.54 bits per heavy atom. The van der Waals surface area contributed by atoms with Gasteiger partial charge < -0.3 is 9.80 Å². The van der Waals surface area contributed by atoms with Crippen LogP contribution in [0.25, 0.3) is 0 Å². The largest absolute Gasteiger partial charge is 0.313 e. The Hall–Kier alpha value is -2.62. The summed E-state index contributed by atoms with van der Waals surface area (Å²) in [5.74, 6) is -0.0385. The molecule has 0 aromatic heterocycles. The molecule has 4 nitrogen and oxygen atoms in total. The van der Waals surface area contributed by atoms with Crippen LogP contribution in [0.2, 0.25) is 0 Å². The average Bonchev–Trinajstić information content (AvgIpc) is 2.58. The molecule has 126 valence electrons. The second-order valence-electron chi connectivity index (χ2n) is 5.68. The topological polar surface area (TPSA) is 40.6 Å². The molecule has 2 rings (SSSR count). The van der Waals surface area contributed by atoms with Gasteiger partial charge in [0.2, 0.25) is 11.8 Å². The normalized spacial score (nSPS) is 10.3. The maximum Gasteiger partial charge on any atom is 0.228 e. The Morgan fingerprint density at radius 1 is 0.917 bits per heavy atom. The van der Waals surface area contributed by atoms with E-state index >= 15 is 0 Å².